The van der Waals surface area contributed by atoms with E-state index in [0.717, 1.165) is 22.2 Å². The van der Waals surface area contributed by atoms with Crippen molar-refractivity contribution >= 4 is 38.5 Å². The zero-order valence-corrected chi connectivity index (χ0v) is 14.2. The molecule has 0 aliphatic carbocycles. The first kappa shape index (κ1) is 14.9. The minimum Gasteiger partial charge on any atom is -0.369 e. The molecule has 4 heteroatoms. The van der Waals surface area contributed by atoms with Gasteiger partial charge in [-0.1, -0.05) is 52.3 Å². The lowest BCUT2D eigenvalue weighted by atomic mass is 9.99. The van der Waals surface area contributed by atoms with Crippen LogP contribution in [0.15, 0.2) is 53.5 Å². The van der Waals surface area contributed by atoms with Crippen LogP contribution in [0, 0.1) is 0 Å². The molecule has 3 aromatic rings. The van der Waals surface area contributed by atoms with Gasteiger partial charge >= 0.3 is 0 Å². The molecule has 0 spiro atoms. The second kappa shape index (κ2) is 5.97. The molecule has 0 fully saturated rings. The number of halogens is 1. The van der Waals surface area contributed by atoms with Gasteiger partial charge in [0.05, 0.1) is 11.0 Å². The van der Waals surface area contributed by atoms with Crippen LogP contribution in [-0.4, -0.2) is 9.55 Å². The molecule has 0 amide bonds. The summed E-state index contributed by atoms with van der Waals surface area (Å²) < 4.78 is 2.07. The Morgan fingerprint density at radius 2 is 1.86 bits per heavy atom. The molecule has 3 nitrogen and oxygen atoms in total. The van der Waals surface area contributed by atoms with Crippen LogP contribution in [0.5, 0.6) is 0 Å². The van der Waals surface area contributed by atoms with Crippen LogP contribution in [0.3, 0.4) is 0 Å². The zero-order chi connectivity index (χ0) is 15.7. The molecule has 1 aromatic heterocycles. The standard InChI is InChI=1S/C18H18BrN3/c1-12(2)22-17-10-14(8-9-16(17)21-18(22)20)15(11-19)13-6-4-3-5-7-13/h3-12H,1-2H3,(H2,20,21)/b15-11-. The van der Waals surface area contributed by atoms with Crippen LogP contribution in [-0.2, 0) is 0 Å². The summed E-state index contributed by atoms with van der Waals surface area (Å²) in [6.07, 6.45) is 0. The van der Waals surface area contributed by atoms with E-state index in [9.17, 15) is 0 Å². The number of nitrogens with zero attached hydrogens (tertiary/aromatic N) is 2. The van der Waals surface area contributed by atoms with E-state index in [1.165, 1.54) is 5.56 Å². The van der Waals surface area contributed by atoms with E-state index in [1.54, 1.807) is 0 Å². The Labute approximate surface area is 138 Å². The number of aromatic nitrogens is 2. The summed E-state index contributed by atoms with van der Waals surface area (Å²) >= 11 is 3.50. The fourth-order valence-electron chi connectivity index (χ4n) is 2.73. The summed E-state index contributed by atoms with van der Waals surface area (Å²) in [5.41, 5.74) is 11.5. The SMILES string of the molecule is CC(C)n1c(N)nc2ccc(/C(=C\Br)c3ccccc3)cc21. The van der Waals surface area contributed by atoms with Crippen molar-refractivity contribution in [3.63, 3.8) is 0 Å². The van der Waals surface area contributed by atoms with Gasteiger partial charge in [-0.05, 0) is 47.7 Å². The lowest BCUT2D eigenvalue weighted by Crippen LogP contribution is -2.05. The highest BCUT2D eigenvalue weighted by Gasteiger charge is 2.13. The minimum atomic E-state index is 0.272. The third-order valence-electron chi connectivity index (χ3n) is 3.74. The summed E-state index contributed by atoms with van der Waals surface area (Å²) in [4.78, 5) is 6.40. The van der Waals surface area contributed by atoms with E-state index in [0.29, 0.717) is 5.95 Å². The van der Waals surface area contributed by atoms with Crippen LogP contribution in [0.2, 0.25) is 0 Å². The third-order valence-corrected chi connectivity index (χ3v) is 4.20. The topological polar surface area (TPSA) is 43.8 Å². The number of benzene rings is 2. The van der Waals surface area contributed by atoms with Crippen molar-refractivity contribution in [3.8, 4) is 0 Å². The number of nitrogen functional groups attached to an aromatic ring is 1. The highest BCUT2D eigenvalue weighted by molar-refractivity contribution is 9.11. The highest BCUT2D eigenvalue weighted by atomic mass is 79.9. The largest absolute Gasteiger partial charge is 0.369 e. The summed E-state index contributed by atoms with van der Waals surface area (Å²) in [6, 6.07) is 16.8. The maximum Gasteiger partial charge on any atom is 0.201 e. The maximum absolute atomic E-state index is 6.05. The van der Waals surface area contributed by atoms with E-state index < -0.39 is 0 Å². The van der Waals surface area contributed by atoms with Crippen LogP contribution >= 0.6 is 15.9 Å². The Morgan fingerprint density at radius 3 is 2.50 bits per heavy atom. The number of nitrogens with two attached hydrogens (primary N) is 1. The van der Waals surface area contributed by atoms with Crippen molar-refractivity contribution < 1.29 is 0 Å². The van der Waals surface area contributed by atoms with Gasteiger partial charge in [0.1, 0.15) is 0 Å². The smallest absolute Gasteiger partial charge is 0.201 e. The molecular weight excluding hydrogens is 338 g/mol. The second-order valence-electron chi connectivity index (χ2n) is 5.53. The van der Waals surface area contributed by atoms with Crippen LogP contribution in [0.4, 0.5) is 5.95 Å². The average Bonchev–Trinajstić information content (AvgIpc) is 2.84. The van der Waals surface area contributed by atoms with E-state index in [2.05, 4.69) is 63.6 Å². The second-order valence-corrected chi connectivity index (χ2v) is 5.98. The van der Waals surface area contributed by atoms with Gasteiger partial charge in [-0.15, -0.1) is 0 Å². The van der Waals surface area contributed by atoms with Crippen molar-refractivity contribution in [2.24, 2.45) is 0 Å². The van der Waals surface area contributed by atoms with Gasteiger partial charge in [-0.2, -0.15) is 0 Å². The van der Waals surface area contributed by atoms with Gasteiger partial charge < -0.3 is 10.3 Å². The van der Waals surface area contributed by atoms with Gasteiger partial charge in [0.15, 0.2) is 0 Å². The molecule has 0 saturated heterocycles. The Bertz CT molecular complexity index is 832. The predicted molar refractivity (Wildman–Crippen MR) is 97.0 cm³/mol. The first-order chi connectivity index (χ1) is 10.6. The Kier molecular flexibility index (Phi) is 4.03. The van der Waals surface area contributed by atoms with Crippen LogP contribution in [0.25, 0.3) is 16.6 Å². The number of hydrogen-bond donors (Lipinski definition) is 1. The predicted octanol–water partition coefficient (Wildman–Crippen LogP) is 4.98. The Morgan fingerprint density at radius 1 is 1.14 bits per heavy atom. The normalized spacial score (nSPS) is 12.3. The summed E-state index contributed by atoms with van der Waals surface area (Å²) in [6.45, 7) is 4.23. The van der Waals surface area contributed by atoms with Gasteiger partial charge in [-0.3, -0.25) is 0 Å². The van der Waals surface area contributed by atoms with Gasteiger partial charge in [0.25, 0.3) is 0 Å². The number of fused-ring (bicyclic) bond motifs is 1. The summed E-state index contributed by atoms with van der Waals surface area (Å²) in [5.74, 6) is 0.561. The monoisotopic (exact) mass is 355 g/mol. The van der Waals surface area contributed by atoms with Gasteiger partial charge in [0.2, 0.25) is 5.95 Å². The fraction of sp³-hybridized carbons (Fsp3) is 0.167. The number of imidazole rings is 1. The molecule has 3 rings (SSSR count). The van der Waals surface area contributed by atoms with Crippen molar-refractivity contribution in [2.45, 2.75) is 19.9 Å². The molecule has 0 saturated carbocycles. The van der Waals surface area contributed by atoms with Gasteiger partial charge in [-0.25, -0.2) is 4.98 Å². The van der Waals surface area contributed by atoms with E-state index in [-0.39, 0.29) is 6.04 Å². The molecule has 22 heavy (non-hydrogen) atoms. The minimum absolute atomic E-state index is 0.272. The zero-order valence-electron chi connectivity index (χ0n) is 12.6. The molecule has 2 aromatic carbocycles. The number of rotatable bonds is 3. The average molecular weight is 356 g/mol. The van der Waals surface area contributed by atoms with Crippen molar-refractivity contribution in [1.29, 1.82) is 0 Å². The van der Waals surface area contributed by atoms with Crippen LogP contribution in [0.1, 0.15) is 31.0 Å². The first-order valence-electron chi connectivity index (χ1n) is 7.25. The molecular formula is C18H18BrN3. The van der Waals surface area contributed by atoms with Gasteiger partial charge in [0, 0.05) is 6.04 Å². The molecule has 0 bridgehead atoms. The maximum atomic E-state index is 6.05. The molecule has 0 unspecified atom stereocenters. The lowest BCUT2D eigenvalue weighted by Gasteiger charge is -2.12. The molecule has 0 radical (unpaired) electrons. The summed E-state index contributed by atoms with van der Waals surface area (Å²) in [7, 11) is 0. The molecule has 1 heterocycles. The Hall–Kier alpha value is -2.07. The molecule has 2 N–H and O–H groups in total. The van der Waals surface area contributed by atoms with Crippen molar-refractivity contribution in [1.82, 2.24) is 9.55 Å². The van der Waals surface area contributed by atoms with Crippen molar-refractivity contribution in [2.75, 3.05) is 5.73 Å². The summed E-state index contributed by atoms with van der Waals surface area (Å²) in [5, 5.41) is 0. The highest BCUT2D eigenvalue weighted by Crippen LogP contribution is 2.29. The van der Waals surface area contributed by atoms with Crippen LogP contribution < -0.4 is 5.73 Å². The lowest BCUT2D eigenvalue weighted by molar-refractivity contribution is 0.627. The van der Waals surface area contributed by atoms with E-state index >= 15 is 0 Å². The number of hydrogen-bond acceptors (Lipinski definition) is 2. The quantitative estimate of drug-likeness (QED) is 0.719. The Balaban J connectivity index is 2.18. The fourth-order valence-corrected chi connectivity index (χ4v) is 3.26. The molecule has 0 atom stereocenters. The van der Waals surface area contributed by atoms with E-state index in [1.807, 2.05) is 29.3 Å². The third kappa shape index (κ3) is 2.55. The first-order valence-corrected chi connectivity index (χ1v) is 8.17. The molecule has 0 aliphatic rings. The van der Waals surface area contributed by atoms with Crippen molar-refractivity contribution in [3.05, 3.63) is 64.6 Å². The number of anilines is 1. The molecule has 112 valence electrons. The van der Waals surface area contributed by atoms with E-state index in [4.69, 9.17) is 5.73 Å². The molecule has 0 aliphatic heterocycles.